The van der Waals surface area contributed by atoms with Crippen LogP contribution < -0.4 is 5.32 Å². The topological polar surface area (TPSA) is 15.3 Å². The third kappa shape index (κ3) is 2.24. The molecule has 1 N–H and O–H groups in total. The lowest BCUT2D eigenvalue weighted by Gasteiger charge is -2.45. The average Bonchev–Trinajstić information content (AvgIpc) is 2.91. The predicted molar refractivity (Wildman–Crippen MR) is 84.2 cm³/mol. The number of para-hydroxylation sites is 1. The van der Waals surface area contributed by atoms with E-state index in [0.29, 0.717) is 5.92 Å². The summed E-state index contributed by atoms with van der Waals surface area (Å²) in [7, 11) is 0. The highest BCUT2D eigenvalue weighted by atomic mass is 15.2. The van der Waals surface area contributed by atoms with Crippen LogP contribution in [0.3, 0.4) is 0 Å². The van der Waals surface area contributed by atoms with Crippen LogP contribution >= 0.6 is 0 Å². The number of hydrogen-bond acceptors (Lipinski definition) is 2. The molecule has 108 valence electrons. The first-order chi connectivity index (χ1) is 9.92. The fraction of sp³-hybridized carbons (Fsp3) is 0.667. The fourth-order valence-electron chi connectivity index (χ4n) is 4.76. The quantitative estimate of drug-likeness (QED) is 0.878. The molecular formula is C18H26N2. The van der Waals surface area contributed by atoms with E-state index in [1.807, 2.05) is 0 Å². The van der Waals surface area contributed by atoms with Crippen molar-refractivity contribution in [2.75, 3.05) is 25.0 Å². The first-order valence-electron chi connectivity index (χ1n) is 8.48. The Hall–Kier alpha value is -1.02. The smallest absolute Gasteiger partial charge is 0.0376 e. The average molecular weight is 270 g/mol. The molecule has 0 radical (unpaired) electrons. The summed E-state index contributed by atoms with van der Waals surface area (Å²) in [6.45, 7) is 3.73. The van der Waals surface area contributed by atoms with Crippen molar-refractivity contribution in [3.63, 3.8) is 0 Å². The van der Waals surface area contributed by atoms with Crippen LogP contribution in [-0.2, 0) is 0 Å². The monoisotopic (exact) mass is 270 g/mol. The maximum absolute atomic E-state index is 3.59. The SMILES string of the molecule is c1ccc2c(c1)NCC2CN1CCCC2CCCCC21. The van der Waals surface area contributed by atoms with Gasteiger partial charge in [-0.05, 0) is 49.8 Å². The van der Waals surface area contributed by atoms with Gasteiger partial charge in [-0.3, -0.25) is 4.90 Å². The van der Waals surface area contributed by atoms with Crippen molar-refractivity contribution in [2.45, 2.75) is 50.5 Å². The predicted octanol–water partition coefficient (Wildman–Crippen LogP) is 3.85. The van der Waals surface area contributed by atoms with Gasteiger partial charge in [-0.1, -0.05) is 31.0 Å². The minimum atomic E-state index is 0.701. The number of piperidine rings is 1. The van der Waals surface area contributed by atoms with Gasteiger partial charge in [0.05, 0.1) is 0 Å². The number of fused-ring (bicyclic) bond motifs is 2. The van der Waals surface area contributed by atoms with Crippen LogP contribution in [0.4, 0.5) is 5.69 Å². The number of hydrogen-bond donors (Lipinski definition) is 1. The zero-order valence-electron chi connectivity index (χ0n) is 12.4. The van der Waals surface area contributed by atoms with Gasteiger partial charge in [-0.25, -0.2) is 0 Å². The summed E-state index contributed by atoms with van der Waals surface area (Å²) in [4.78, 5) is 2.84. The Balaban J connectivity index is 1.49. The van der Waals surface area contributed by atoms with Gasteiger partial charge >= 0.3 is 0 Å². The summed E-state index contributed by atoms with van der Waals surface area (Å²) in [6, 6.07) is 9.78. The maximum Gasteiger partial charge on any atom is 0.0376 e. The van der Waals surface area contributed by atoms with E-state index >= 15 is 0 Å². The first kappa shape index (κ1) is 12.7. The van der Waals surface area contributed by atoms with Crippen LogP contribution in [0.15, 0.2) is 24.3 Å². The number of nitrogens with zero attached hydrogens (tertiary/aromatic N) is 1. The number of nitrogens with one attached hydrogen (secondary N) is 1. The highest BCUT2D eigenvalue weighted by Gasteiger charge is 2.35. The number of rotatable bonds is 2. The molecule has 1 aromatic rings. The second kappa shape index (κ2) is 5.40. The van der Waals surface area contributed by atoms with Crippen LogP contribution in [0.2, 0.25) is 0 Å². The van der Waals surface area contributed by atoms with E-state index in [0.717, 1.165) is 18.5 Å². The zero-order valence-corrected chi connectivity index (χ0v) is 12.4. The summed E-state index contributed by atoms with van der Waals surface area (Å²) in [5, 5.41) is 3.59. The molecular weight excluding hydrogens is 244 g/mol. The molecule has 0 spiro atoms. The standard InChI is InChI=1S/C18H26N2/c1-4-10-18-14(6-1)7-5-11-20(18)13-15-12-19-17-9-3-2-8-16(15)17/h2-3,8-9,14-15,18-19H,1,4-7,10-13H2. The van der Waals surface area contributed by atoms with Gasteiger partial charge in [-0.2, -0.15) is 0 Å². The zero-order chi connectivity index (χ0) is 13.4. The van der Waals surface area contributed by atoms with Crippen molar-refractivity contribution in [3.8, 4) is 0 Å². The van der Waals surface area contributed by atoms with Crippen LogP contribution in [0.5, 0.6) is 0 Å². The fourth-order valence-corrected chi connectivity index (χ4v) is 4.76. The van der Waals surface area contributed by atoms with E-state index in [4.69, 9.17) is 0 Å². The first-order valence-corrected chi connectivity index (χ1v) is 8.48. The van der Waals surface area contributed by atoms with Crippen molar-refractivity contribution < 1.29 is 0 Å². The summed E-state index contributed by atoms with van der Waals surface area (Å²) in [6.07, 6.45) is 8.77. The molecule has 2 nitrogen and oxygen atoms in total. The van der Waals surface area contributed by atoms with E-state index in [9.17, 15) is 0 Å². The maximum atomic E-state index is 3.59. The molecule has 0 amide bonds. The number of likely N-dealkylation sites (tertiary alicyclic amines) is 1. The van der Waals surface area contributed by atoms with Gasteiger partial charge in [0.2, 0.25) is 0 Å². The van der Waals surface area contributed by atoms with E-state index in [1.165, 1.54) is 57.3 Å². The Morgan fingerprint density at radius 2 is 1.90 bits per heavy atom. The minimum absolute atomic E-state index is 0.701. The van der Waals surface area contributed by atoms with Crippen LogP contribution in [-0.4, -0.2) is 30.6 Å². The summed E-state index contributed by atoms with van der Waals surface area (Å²) < 4.78 is 0. The van der Waals surface area contributed by atoms with Gasteiger partial charge in [0, 0.05) is 30.7 Å². The summed E-state index contributed by atoms with van der Waals surface area (Å²) >= 11 is 0. The van der Waals surface area contributed by atoms with Gasteiger partial charge < -0.3 is 5.32 Å². The highest BCUT2D eigenvalue weighted by Crippen LogP contribution is 2.38. The molecule has 4 rings (SSSR count). The second-order valence-electron chi connectivity index (χ2n) is 6.91. The summed E-state index contributed by atoms with van der Waals surface area (Å²) in [5.41, 5.74) is 2.92. The second-order valence-corrected chi connectivity index (χ2v) is 6.91. The molecule has 2 heterocycles. The molecule has 1 aliphatic carbocycles. The molecule has 20 heavy (non-hydrogen) atoms. The lowest BCUT2D eigenvalue weighted by Crippen LogP contribution is -2.48. The molecule has 3 aliphatic rings. The minimum Gasteiger partial charge on any atom is -0.384 e. The molecule has 2 heteroatoms. The largest absolute Gasteiger partial charge is 0.384 e. The van der Waals surface area contributed by atoms with Crippen molar-refractivity contribution >= 4 is 5.69 Å². The molecule has 3 atom stereocenters. The molecule has 2 fully saturated rings. The van der Waals surface area contributed by atoms with Crippen molar-refractivity contribution in [1.29, 1.82) is 0 Å². The third-order valence-electron chi connectivity index (χ3n) is 5.75. The summed E-state index contributed by atoms with van der Waals surface area (Å²) in [5.74, 6) is 1.70. The molecule has 0 aromatic heterocycles. The normalized spacial score (nSPS) is 33.3. The lowest BCUT2D eigenvalue weighted by molar-refractivity contribution is 0.0571. The number of anilines is 1. The molecule has 2 aliphatic heterocycles. The Morgan fingerprint density at radius 1 is 1.05 bits per heavy atom. The van der Waals surface area contributed by atoms with Crippen LogP contribution in [0, 0.1) is 5.92 Å². The van der Waals surface area contributed by atoms with Crippen molar-refractivity contribution in [3.05, 3.63) is 29.8 Å². The molecule has 0 bridgehead atoms. The van der Waals surface area contributed by atoms with E-state index in [1.54, 1.807) is 5.56 Å². The van der Waals surface area contributed by atoms with Crippen LogP contribution in [0.25, 0.3) is 0 Å². The Kier molecular flexibility index (Phi) is 3.43. The van der Waals surface area contributed by atoms with Gasteiger partial charge in [0.25, 0.3) is 0 Å². The highest BCUT2D eigenvalue weighted by molar-refractivity contribution is 5.57. The van der Waals surface area contributed by atoms with Crippen LogP contribution in [0.1, 0.15) is 50.0 Å². The molecule has 1 aromatic carbocycles. The van der Waals surface area contributed by atoms with Crippen molar-refractivity contribution in [1.82, 2.24) is 4.90 Å². The molecule has 1 saturated heterocycles. The van der Waals surface area contributed by atoms with Gasteiger partial charge in [0.15, 0.2) is 0 Å². The van der Waals surface area contributed by atoms with E-state index < -0.39 is 0 Å². The Labute approximate surface area is 122 Å². The molecule has 3 unspecified atom stereocenters. The van der Waals surface area contributed by atoms with Gasteiger partial charge in [0.1, 0.15) is 0 Å². The molecule has 1 saturated carbocycles. The van der Waals surface area contributed by atoms with Gasteiger partial charge in [-0.15, -0.1) is 0 Å². The third-order valence-corrected chi connectivity index (χ3v) is 5.75. The van der Waals surface area contributed by atoms with E-state index in [-0.39, 0.29) is 0 Å². The van der Waals surface area contributed by atoms with Crippen molar-refractivity contribution in [2.24, 2.45) is 5.92 Å². The van der Waals surface area contributed by atoms with E-state index in [2.05, 4.69) is 34.5 Å². The Bertz CT molecular complexity index is 468. The lowest BCUT2D eigenvalue weighted by atomic mass is 9.78. The Morgan fingerprint density at radius 3 is 2.90 bits per heavy atom. The number of benzene rings is 1.